The molecule has 84 valence electrons. The fourth-order valence-electron chi connectivity index (χ4n) is 2.02. The Labute approximate surface area is 86.5 Å². The summed E-state index contributed by atoms with van der Waals surface area (Å²) in [4.78, 5) is 0. The molecule has 0 saturated heterocycles. The van der Waals surface area contributed by atoms with Crippen molar-refractivity contribution < 1.29 is 10.2 Å². The second-order valence-corrected chi connectivity index (χ2v) is 4.48. The van der Waals surface area contributed by atoms with E-state index < -0.39 is 0 Å². The molecule has 3 nitrogen and oxygen atoms in total. The molecule has 0 aromatic heterocycles. The minimum atomic E-state index is -0.162. The molecule has 1 fully saturated rings. The number of rotatable bonds is 5. The lowest BCUT2D eigenvalue weighted by Gasteiger charge is -2.29. The Hall–Kier alpha value is -0.120. The first-order chi connectivity index (χ1) is 6.74. The summed E-state index contributed by atoms with van der Waals surface area (Å²) in [6.45, 7) is 3.29. The quantitative estimate of drug-likeness (QED) is 0.619. The van der Waals surface area contributed by atoms with Gasteiger partial charge < -0.3 is 15.5 Å². The summed E-state index contributed by atoms with van der Waals surface area (Å²) in [5, 5.41) is 21.8. The van der Waals surface area contributed by atoms with Gasteiger partial charge in [-0.1, -0.05) is 19.8 Å². The highest BCUT2D eigenvalue weighted by Gasteiger charge is 2.22. The van der Waals surface area contributed by atoms with E-state index in [-0.39, 0.29) is 18.8 Å². The molecule has 1 rings (SSSR count). The molecule has 0 amide bonds. The molecule has 0 heterocycles. The van der Waals surface area contributed by atoms with Gasteiger partial charge in [0.05, 0.1) is 6.10 Å². The largest absolute Gasteiger partial charge is 0.396 e. The van der Waals surface area contributed by atoms with Crippen LogP contribution in [0.25, 0.3) is 0 Å². The van der Waals surface area contributed by atoms with Gasteiger partial charge in [0.1, 0.15) is 0 Å². The van der Waals surface area contributed by atoms with Crippen molar-refractivity contribution in [2.24, 2.45) is 5.92 Å². The van der Waals surface area contributed by atoms with Crippen molar-refractivity contribution in [3.05, 3.63) is 0 Å². The highest BCUT2D eigenvalue weighted by atomic mass is 16.3. The van der Waals surface area contributed by atoms with E-state index >= 15 is 0 Å². The lowest BCUT2D eigenvalue weighted by atomic mass is 9.92. The van der Waals surface area contributed by atoms with Crippen molar-refractivity contribution in [1.29, 1.82) is 0 Å². The first-order valence-corrected chi connectivity index (χ1v) is 5.76. The normalized spacial score (nSPS) is 30.2. The monoisotopic (exact) mass is 201 g/mol. The molecule has 0 radical (unpaired) electrons. The second-order valence-electron chi connectivity index (χ2n) is 4.48. The molecule has 0 aromatic rings. The Morgan fingerprint density at radius 1 is 1.36 bits per heavy atom. The van der Waals surface area contributed by atoms with Crippen molar-refractivity contribution in [3.63, 3.8) is 0 Å². The molecule has 0 bridgehead atoms. The minimum absolute atomic E-state index is 0.162. The number of nitrogens with one attached hydrogen (secondary N) is 1. The summed E-state index contributed by atoms with van der Waals surface area (Å²) >= 11 is 0. The van der Waals surface area contributed by atoms with E-state index in [9.17, 15) is 5.11 Å². The Morgan fingerprint density at radius 3 is 2.71 bits per heavy atom. The third-order valence-corrected chi connectivity index (χ3v) is 3.08. The van der Waals surface area contributed by atoms with Crippen molar-refractivity contribution in [3.8, 4) is 0 Å². The van der Waals surface area contributed by atoms with Gasteiger partial charge in [-0.15, -0.1) is 0 Å². The zero-order chi connectivity index (χ0) is 10.4. The third kappa shape index (κ3) is 3.95. The third-order valence-electron chi connectivity index (χ3n) is 3.08. The van der Waals surface area contributed by atoms with Crippen LogP contribution < -0.4 is 5.32 Å². The Balaban J connectivity index is 2.15. The number of aliphatic hydroxyl groups is 2. The fourth-order valence-corrected chi connectivity index (χ4v) is 2.02. The summed E-state index contributed by atoms with van der Waals surface area (Å²) in [5.41, 5.74) is 0. The van der Waals surface area contributed by atoms with Gasteiger partial charge in [-0.05, 0) is 31.7 Å². The van der Waals surface area contributed by atoms with Crippen molar-refractivity contribution in [2.75, 3.05) is 13.2 Å². The summed E-state index contributed by atoms with van der Waals surface area (Å²) in [5.74, 6) is 0.495. The minimum Gasteiger partial charge on any atom is -0.396 e. The highest BCUT2D eigenvalue weighted by molar-refractivity contribution is 4.80. The van der Waals surface area contributed by atoms with E-state index in [1.54, 1.807) is 0 Å². The SMILES string of the molecule is CC(CCO)CN[C@H]1CCCC[C@@H]1O. The van der Waals surface area contributed by atoms with Gasteiger partial charge in [-0.3, -0.25) is 0 Å². The van der Waals surface area contributed by atoms with E-state index in [1.807, 2.05) is 0 Å². The van der Waals surface area contributed by atoms with Gasteiger partial charge in [0.15, 0.2) is 0 Å². The van der Waals surface area contributed by atoms with Crippen LogP contribution in [0.15, 0.2) is 0 Å². The number of aliphatic hydroxyl groups excluding tert-OH is 2. The smallest absolute Gasteiger partial charge is 0.0693 e. The molecule has 1 aliphatic carbocycles. The summed E-state index contributed by atoms with van der Waals surface area (Å²) in [6, 6.07) is 0.282. The van der Waals surface area contributed by atoms with Crippen LogP contribution in [-0.2, 0) is 0 Å². The van der Waals surface area contributed by atoms with E-state index in [4.69, 9.17) is 5.11 Å². The molecule has 1 unspecified atom stereocenters. The van der Waals surface area contributed by atoms with Crippen LogP contribution in [0.4, 0.5) is 0 Å². The molecule has 0 aliphatic heterocycles. The Morgan fingerprint density at radius 2 is 2.07 bits per heavy atom. The van der Waals surface area contributed by atoms with Crippen molar-refractivity contribution in [1.82, 2.24) is 5.32 Å². The second kappa shape index (κ2) is 6.38. The van der Waals surface area contributed by atoms with Crippen LogP contribution in [-0.4, -0.2) is 35.5 Å². The molecule has 1 saturated carbocycles. The van der Waals surface area contributed by atoms with Gasteiger partial charge in [0.2, 0.25) is 0 Å². The van der Waals surface area contributed by atoms with Gasteiger partial charge >= 0.3 is 0 Å². The van der Waals surface area contributed by atoms with Crippen molar-refractivity contribution >= 4 is 0 Å². The molecule has 3 atom stereocenters. The van der Waals surface area contributed by atoms with E-state index in [0.29, 0.717) is 5.92 Å². The average molecular weight is 201 g/mol. The fraction of sp³-hybridized carbons (Fsp3) is 1.00. The van der Waals surface area contributed by atoms with Crippen LogP contribution in [0.1, 0.15) is 39.0 Å². The van der Waals surface area contributed by atoms with E-state index in [1.165, 1.54) is 6.42 Å². The first kappa shape index (κ1) is 12.0. The predicted molar refractivity (Wildman–Crippen MR) is 57.1 cm³/mol. The lowest BCUT2D eigenvalue weighted by Crippen LogP contribution is -2.43. The maximum atomic E-state index is 9.70. The number of hydrogen-bond acceptors (Lipinski definition) is 3. The standard InChI is InChI=1S/C11H23NO2/c1-9(6-7-13)8-12-10-4-2-3-5-11(10)14/h9-14H,2-8H2,1H3/t9?,10-,11-/m0/s1. The molecule has 1 aliphatic rings. The zero-order valence-corrected chi connectivity index (χ0v) is 9.08. The topological polar surface area (TPSA) is 52.5 Å². The summed E-state index contributed by atoms with van der Waals surface area (Å²) in [7, 11) is 0. The van der Waals surface area contributed by atoms with E-state index in [0.717, 1.165) is 32.2 Å². The van der Waals surface area contributed by atoms with Gasteiger partial charge in [0, 0.05) is 12.6 Å². The van der Waals surface area contributed by atoms with E-state index in [2.05, 4.69) is 12.2 Å². The van der Waals surface area contributed by atoms with Crippen LogP contribution in [0, 0.1) is 5.92 Å². The maximum Gasteiger partial charge on any atom is 0.0693 e. The first-order valence-electron chi connectivity index (χ1n) is 5.76. The Kier molecular flexibility index (Phi) is 5.45. The highest BCUT2D eigenvalue weighted by Crippen LogP contribution is 2.18. The molecular weight excluding hydrogens is 178 g/mol. The van der Waals surface area contributed by atoms with Gasteiger partial charge in [-0.2, -0.15) is 0 Å². The molecule has 0 spiro atoms. The maximum absolute atomic E-state index is 9.70. The summed E-state index contributed by atoms with van der Waals surface area (Å²) in [6.07, 6.45) is 5.09. The Bertz CT molecular complexity index is 152. The van der Waals surface area contributed by atoms with Crippen LogP contribution >= 0.6 is 0 Å². The molecule has 3 N–H and O–H groups in total. The molecule has 14 heavy (non-hydrogen) atoms. The van der Waals surface area contributed by atoms with Crippen molar-refractivity contribution in [2.45, 2.75) is 51.2 Å². The summed E-state index contributed by atoms with van der Waals surface area (Å²) < 4.78 is 0. The van der Waals surface area contributed by atoms with Gasteiger partial charge in [-0.25, -0.2) is 0 Å². The van der Waals surface area contributed by atoms with Crippen LogP contribution in [0.2, 0.25) is 0 Å². The zero-order valence-electron chi connectivity index (χ0n) is 9.08. The van der Waals surface area contributed by atoms with Crippen LogP contribution in [0.5, 0.6) is 0 Å². The van der Waals surface area contributed by atoms with Gasteiger partial charge in [0.25, 0.3) is 0 Å². The molecule has 3 heteroatoms. The van der Waals surface area contributed by atoms with Crippen LogP contribution in [0.3, 0.4) is 0 Å². The molecule has 0 aromatic carbocycles. The number of hydrogen-bond donors (Lipinski definition) is 3. The molecular formula is C11H23NO2. The predicted octanol–water partition coefficient (Wildman–Crippen LogP) is 0.898. The average Bonchev–Trinajstić information content (AvgIpc) is 2.17. The lowest BCUT2D eigenvalue weighted by molar-refractivity contribution is 0.0885.